The van der Waals surface area contributed by atoms with Crippen LogP contribution in [0.15, 0.2) is 30.5 Å². The second-order valence-corrected chi connectivity index (χ2v) is 7.49. The lowest BCUT2D eigenvalue weighted by Gasteiger charge is -2.32. The first kappa shape index (κ1) is 19.3. The quantitative estimate of drug-likeness (QED) is 0.465. The third kappa shape index (κ3) is 3.55. The van der Waals surface area contributed by atoms with E-state index < -0.39 is 0 Å². The second-order valence-electron chi connectivity index (χ2n) is 7.49. The Morgan fingerprint density at radius 2 is 2.10 bits per heavy atom. The Bertz CT molecular complexity index is 1230. The highest BCUT2D eigenvalue weighted by molar-refractivity contribution is 6.07. The molecule has 10 heteroatoms. The number of nitrogens with zero attached hydrogens (tertiary/aromatic N) is 5. The topological polar surface area (TPSA) is 129 Å². The molecule has 0 spiro atoms. The lowest BCUT2D eigenvalue weighted by atomic mass is 10.1. The van der Waals surface area contributed by atoms with Gasteiger partial charge < -0.3 is 25.3 Å². The first-order chi connectivity index (χ1) is 15.1. The summed E-state index contributed by atoms with van der Waals surface area (Å²) in [7, 11) is 0. The van der Waals surface area contributed by atoms with Gasteiger partial charge in [-0.05, 0) is 25.1 Å². The van der Waals surface area contributed by atoms with E-state index in [0.29, 0.717) is 56.6 Å². The van der Waals surface area contributed by atoms with E-state index in [-0.39, 0.29) is 6.03 Å². The number of morpholine rings is 1. The number of fused-ring (bicyclic) bond motifs is 3. The van der Waals surface area contributed by atoms with Crippen molar-refractivity contribution in [3.05, 3.63) is 36.3 Å². The second kappa shape index (κ2) is 7.88. The number of aromatic nitrogens is 5. The number of hydrogen-bond acceptors (Lipinski definition) is 6. The molecule has 4 N–H and O–H groups in total. The van der Waals surface area contributed by atoms with Crippen molar-refractivity contribution in [1.82, 2.24) is 34.9 Å². The van der Waals surface area contributed by atoms with Gasteiger partial charge in [0.2, 0.25) is 0 Å². The van der Waals surface area contributed by atoms with Crippen LogP contribution in [0.2, 0.25) is 0 Å². The van der Waals surface area contributed by atoms with E-state index in [1.54, 1.807) is 11.1 Å². The van der Waals surface area contributed by atoms with Gasteiger partial charge in [0, 0.05) is 36.8 Å². The SMILES string of the molecule is CCN(Cc1nc2c(N)nc3cc(-c4cc[nH]n4)ccc3c2[nH]1)C(=O)N1CCOCC1. The summed E-state index contributed by atoms with van der Waals surface area (Å²) >= 11 is 0. The molecule has 1 aliphatic rings. The monoisotopic (exact) mass is 420 g/mol. The van der Waals surface area contributed by atoms with Crippen LogP contribution < -0.4 is 5.73 Å². The highest BCUT2D eigenvalue weighted by Gasteiger charge is 2.23. The number of imidazole rings is 1. The Morgan fingerprint density at radius 1 is 1.26 bits per heavy atom. The number of anilines is 1. The van der Waals surface area contributed by atoms with Crippen LogP contribution in [0.1, 0.15) is 12.7 Å². The first-order valence-corrected chi connectivity index (χ1v) is 10.3. The van der Waals surface area contributed by atoms with Crippen LogP contribution in [0.25, 0.3) is 33.2 Å². The molecule has 3 aromatic heterocycles. The smallest absolute Gasteiger partial charge is 0.320 e. The molecule has 1 aliphatic heterocycles. The minimum absolute atomic E-state index is 0.00847. The zero-order valence-corrected chi connectivity index (χ0v) is 17.3. The zero-order valence-electron chi connectivity index (χ0n) is 17.3. The number of aromatic amines is 2. The van der Waals surface area contributed by atoms with Gasteiger partial charge in [0.1, 0.15) is 11.3 Å². The summed E-state index contributed by atoms with van der Waals surface area (Å²) in [6, 6.07) is 7.85. The molecular formula is C21H24N8O2. The van der Waals surface area contributed by atoms with Gasteiger partial charge >= 0.3 is 6.03 Å². The van der Waals surface area contributed by atoms with Crippen molar-refractivity contribution in [1.29, 1.82) is 0 Å². The molecule has 160 valence electrons. The number of amides is 2. The van der Waals surface area contributed by atoms with Crippen molar-refractivity contribution >= 4 is 33.8 Å². The predicted octanol–water partition coefficient (Wildman–Crippen LogP) is 2.36. The Kier molecular flexibility index (Phi) is 4.91. The number of ether oxygens (including phenoxy) is 1. The minimum Gasteiger partial charge on any atom is -0.382 e. The van der Waals surface area contributed by atoms with Crippen LogP contribution in [0.5, 0.6) is 0 Å². The van der Waals surface area contributed by atoms with E-state index in [1.807, 2.05) is 36.1 Å². The molecule has 1 saturated heterocycles. The van der Waals surface area contributed by atoms with Crippen LogP contribution in [0, 0.1) is 0 Å². The zero-order chi connectivity index (χ0) is 21.4. The van der Waals surface area contributed by atoms with Gasteiger partial charge in [-0.1, -0.05) is 6.07 Å². The summed E-state index contributed by atoms with van der Waals surface area (Å²) < 4.78 is 5.35. The van der Waals surface area contributed by atoms with E-state index in [9.17, 15) is 4.79 Å². The molecule has 5 rings (SSSR count). The standard InChI is InChI=1S/C21H24N8O2/c1-2-28(21(30)29-7-9-31-10-8-29)12-17-25-18-14-4-3-13(15-5-6-23-27-15)11-16(14)24-20(22)19(18)26-17/h3-6,11H,2,7-10,12H2,1H3,(H2,22,24)(H,23,27)(H,25,26). The number of urea groups is 1. The number of H-pyrrole nitrogens is 2. The fourth-order valence-electron chi connectivity index (χ4n) is 3.93. The lowest BCUT2D eigenvalue weighted by molar-refractivity contribution is 0.0429. The average Bonchev–Trinajstić information content (AvgIpc) is 3.48. The van der Waals surface area contributed by atoms with Gasteiger partial charge in [0.05, 0.1) is 36.5 Å². The fourth-order valence-corrected chi connectivity index (χ4v) is 3.93. The van der Waals surface area contributed by atoms with Gasteiger partial charge in [-0.2, -0.15) is 5.10 Å². The van der Waals surface area contributed by atoms with E-state index in [1.165, 1.54) is 0 Å². The van der Waals surface area contributed by atoms with Crippen molar-refractivity contribution in [3.8, 4) is 11.3 Å². The number of carbonyl (C=O) groups excluding carboxylic acids is 1. The van der Waals surface area contributed by atoms with Crippen LogP contribution >= 0.6 is 0 Å². The molecule has 2 amide bonds. The van der Waals surface area contributed by atoms with Gasteiger partial charge in [0.25, 0.3) is 0 Å². The molecule has 0 saturated carbocycles. The van der Waals surface area contributed by atoms with Crippen molar-refractivity contribution in [2.75, 3.05) is 38.6 Å². The molecule has 0 aliphatic carbocycles. The Balaban J connectivity index is 1.48. The molecule has 0 radical (unpaired) electrons. The fraction of sp³-hybridized carbons (Fsp3) is 0.333. The molecule has 1 fully saturated rings. The normalized spacial score (nSPS) is 14.4. The molecule has 31 heavy (non-hydrogen) atoms. The maximum atomic E-state index is 12.9. The number of nitrogens with one attached hydrogen (secondary N) is 2. The van der Waals surface area contributed by atoms with Crippen molar-refractivity contribution in [2.24, 2.45) is 0 Å². The van der Waals surface area contributed by atoms with Gasteiger partial charge in [-0.15, -0.1) is 0 Å². The molecule has 0 atom stereocenters. The number of nitrogens with two attached hydrogens (primary N) is 1. The lowest BCUT2D eigenvalue weighted by Crippen LogP contribution is -2.47. The summed E-state index contributed by atoms with van der Waals surface area (Å²) in [5.41, 5.74) is 10.2. The number of carbonyl (C=O) groups is 1. The van der Waals surface area contributed by atoms with E-state index in [0.717, 1.165) is 27.7 Å². The number of benzene rings is 1. The average molecular weight is 420 g/mol. The summed E-state index contributed by atoms with van der Waals surface area (Å²) in [5, 5.41) is 7.97. The maximum Gasteiger partial charge on any atom is 0.320 e. The van der Waals surface area contributed by atoms with Crippen molar-refractivity contribution < 1.29 is 9.53 Å². The highest BCUT2D eigenvalue weighted by Crippen LogP contribution is 2.29. The molecule has 0 bridgehead atoms. The Labute approximate surface area is 178 Å². The minimum atomic E-state index is -0.00847. The first-order valence-electron chi connectivity index (χ1n) is 10.3. The Morgan fingerprint density at radius 3 is 2.84 bits per heavy atom. The van der Waals surface area contributed by atoms with Crippen LogP contribution in [0.3, 0.4) is 0 Å². The van der Waals surface area contributed by atoms with Crippen LogP contribution in [0.4, 0.5) is 10.6 Å². The predicted molar refractivity (Wildman–Crippen MR) is 117 cm³/mol. The summed E-state index contributed by atoms with van der Waals surface area (Å²) in [4.78, 5) is 29.0. The molecule has 0 unspecified atom stereocenters. The Hall–Kier alpha value is -3.66. The summed E-state index contributed by atoms with van der Waals surface area (Å²) in [6.07, 6.45) is 1.78. The molecule has 1 aromatic carbocycles. The molecule has 4 heterocycles. The highest BCUT2D eigenvalue weighted by atomic mass is 16.5. The van der Waals surface area contributed by atoms with E-state index >= 15 is 0 Å². The number of rotatable bonds is 4. The molecular weight excluding hydrogens is 396 g/mol. The number of hydrogen-bond donors (Lipinski definition) is 3. The van der Waals surface area contributed by atoms with Gasteiger partial charge in [-0.25, -0.2) is 14.8 Å². The third-order valence-corrected chi connectivity index (χ3v) is 5.57. The van der Waals surface area contributed by atoms with Crippen LogP contribution in [-0.2, 0) is 11.3 Å². The summed E-state index contributed by atoms with van der Waals surface area (Å²) in [6.45, 7) is 5.26. The van der Waals surface area contributed by atoms with Crippen LogP contribution in [-0.4, -0.2) is 73.8 Å². The van der Waals surface area contributed by atoms with Crippen molar-refractivity contribution in [3.63, 3.8) is 0 Å². The van der Waals surface area contributed by atoms with Crippen molar-refractivity contribution in [2.45, 2.75) is 13.5 Å². The summed E-state index contributed by atoms with van der Waals surface area (Å²) in [5.74, 6) is 1.03. The van der Waals surface area contributed by atoms with E-state index in [2.05, 4.69) is 25.1 Å². The third-order valence-electron chi connectivity index (χ3n) is 5.57. The van der Waals surface area contributed by atoms with Gasteiger partial charge in [-0.3, -0.25) is 5.10 Å². The van der Waals surface area contributed by atoms with E-state index in [4.69, 9.17) is 10.5 Å². The number of pyridine rings is 1. The largest absolute Gasteiger partial charge is 0.382 e. The van der Waals surface area contributed by atoms with Gasteiger partial charge in [0.15, 0.2) is 5.82 Å². The number of nitrogen functional groups attached to an aromatic ring is 1. The molecule has 4 aromatic rings. The maximum absolute atomic E-state index is 12.9. The molecule has 10 nitrogen and oxygen atoms in total.